The molecule has 2 N–H and O–H groups in total. The van der Waals surface area contributed by atoms with Gasteiger partial charge < -0.3 is 5.73 Å². The zero-order valence-corrected chi connectivity index (χ0v) is 11.2. The Kier molecular flexibility index (Phi) is 3.26. The third-order valence-electron chi connectivity index (χ3n) is 2.87. The number of hydrogen-bond acceptors (Lipinski definition) is 4. The minimum absolute atomic E-state index is 0.155. The van der Waals surface area contributed by atoms with Crippen LogP contribution in [0.5, 0.6) is 0 Å². The van der Waals surface area contributed by atoms with Gasteiger partial charge in [-0.3, -0.25) is 0 Å². The summed E-state index contributed by atoms with van der Waals surface area (Å²) in [6.07, 6.45) is 0. The number of para-hydroxylation sites is 1. The van der Waals surface area contributed by atoms with Crippen molar-refractivity contribution in [1.29, 1.82) is 0 Å². The highest BCUT2D eigenvalue weighted by Crippen LogP contribution is 2.27. The zero-order valence-electron chi connectivity index (χ0n) is 10.5. The Labute approximate surface area is 123 Å². The summed E-state index contributed by atoms with van der Waals surface area (Å²) < 4.78 is 28.7. The van der Waals surface area contributed by atoms with E-state index in [9.17, 15) is 8.78 Å². The molecule has 3 aromatic rings. The predicted octanol–water partition coefficient (Wildman–Crippen LogP) is 2.84. The molecule has 0 bridgehead atoms. The van der Waals surface area contributed by atoms with Crippen molar-refractivity contribution in [2.75, 3.05) is 5.73 Å². The largest absolute Gasteiger partial charge is 0.398 e. The molecule has 0 spiro atoms. The Bertz CT molecular complexity index is 798. The fraction of sp³-hybridized carbons (Fsp3) is 0. The molecule has 0 fully saturated rings. The lowest BCUT2D eigenvalue weighted by Crippen LogP contribution is -2.05. The number of nitrogens with zero attached hydrogens (tertiary/aromatic N) is 4. The molecule has 0 saturated carbocycles. The highest BCUT2D eigenvalue weighted by Gasteiger charge is 2.18. The van der Waals surface area contributed by atoms with E-state index in [0.717, 1.165) is 16.8 Å². The fourth-order valence-electron chi connectivity index (χ4n) is 1.89. The van der Waals surface area contributed by atoms with Gasteiger partial charge in [0.15, 0.2) is 17.5 Å². The van der Waals surface area contributed by atoms with E-state index in [1.54, 1.807) is 12.1 Å². The molecule has 0 aliphatic rings. The number of rotatable bonds is 2. The van der Waals surface area contributed by atoms with Gasteiger partial charge in [0.25, 0.3) is 0 Å². The average Bonchev–Trinajstić information content (AvgIpc) is 2.91. The number of halogens is 3. The normalized spacial score (nSPS) is 10.8. The first-order chi connectivity index (χ1) is 10.1. The summed E-state index contributed by atoms with van der Waals surface area (Å²) in [6.45, 7) is 0. The molecule has 0 amide bonds. The summed E-state index contributed by atoms with van der Waals surface area (Å²) in [6, 6.07) is 8.21. The third-order valence-corrected chi connectivity index (χ3v) is 3.22. The Balaban J connectivity index is 2.20. The molecule has 0 aliphatic carbocycles. The molecule has 1 heterocycles. The van der Waals surface area contributed by atoms with E-state index in [1.165, 1.54) is 12.1 Å². The summed E-state index contributed by atoms with van der Waals surface area (Å²) in [4.78, 5) is 0. The Hall–Kier alpha value is -2.54. The van der Waals surface area contributed by atoms with Crippen LogP contribution < -0.4 is 5.73 Å². The van der Waals surface area contributed by atoms with Crippen LogP contribution in [-0.2, 0) is 0 Å². The van der Waals surface area contributed by atoms with E-state index in [4.69, 9.17) is 17.3 Å². The van der Waals surface area contributed by atoms with Crippen LogP contribution in [0.3, 0.4) is 0 Å². The number of nitrogens with two attached hydrogens (primary N) is 1. The molecule has 106 valence electrons. The van der Waals surface area contributed by atoms with Crippen LogP contribution in [0.25, 0.3) is 17.1 Å². The number of nitrogen functional groups attached to an aromatic ring is 1. The maximum Gasteiger partial charge on any atom is 0.187 e. The molecule has 3 rings (SSSR count). The number of benzene rings is 2. The summed E-state index contributed by atoms with van der Waals surface area (Å²) in [5, 5.41) is 11.3. The Morgan fingerprint density at radius 3 is 2.48 bits per heavy atom. The second-order valence-corrected chi connectivity index (χ2v) is 4.63. The van der Waals surface area contributed by atoms with Gasteiger partial charge in [-0.15, -0.1) is 5.10 Å². The van der Waals surface area contributed by atoms with Crippen molar-refractivity contribution >= 4 is 17.3 Å². The van der Waals surface area contributed by atoms with Gasteiger partial charge in [0, 0.05) is 5.56 Å². The SMILES string of the molecule is Nc1cc(-c2nnnn2-c2c(F)cccc2F)ccc1Cl. The second kappa shape index (κ2) is 5.10. The van der Waals surface area contributed by atoms with Gasteiger partial charge in [0.1, 0.15) is 5.69 Å². The van der Waals surface area contributed by atoms with Gasteiger partial charge in [0.05, 0.1) is 10.7 Å². The molecular weight excluding hydrogens is 300 g/mol. The summed E-state index contributed by atoms with van der Waals surface area (Å²) in [7, 11) is 0. The first-order valence-electron chi connectivity index (χ1n) is 5.86. The minimum Gasteiger partial charge on any atom is -0.398 e. The lowest BCUT2D eigenvalue weighted by atomic mass is 10.2. The lowest BCUT2D eigenvalue weighted by Gasteiger charge is -2.07. The van der Waals surface area contributed by atoms with Gasteiger partial charge in [-0.25, -0.2) is 8.78 Å². The average molecular weight is 308 g/mol. The standard InChI is InChI=1S/C13H8ClF2N5/c14-8-5-4-7(6-11(8)17)13-18-19-20-21(13)12-9(15)2-1-3-10(12)16/h1-6H,17H2. The van der Waals surface area contributed by atoms with Gasteiger partial charge >= 0.3 is 0 Å². The van der Waals surface area contributed by atoms with Crippen LogP contribution in [0.15, 0.2) is 36.4 Å². The molecule has 21 heavy (non-hydrogen) atoms. The number of hydrogen-bond donors (Lipinski definition) is 1. The fourth-order valence-corrected chi connectivity index (χ4v) is 2.01. The van der Waals surface area contributed by atoms with Crippen molar-refractivity contribution in [2.45, 2.75) is 0 Å². The van der Waals surface area contributed by atoms with Crippen LogP contribution in [0.2, 0.25) is 5.02 Å². The summed E-state index contributed by atoms with van der Waals surface area (Å²) >= 11 is 5.85. The van der Waals surface area contributed by atoms with Crippen LogP contribution >= 0.6 is 11.6 Å². The predicted molar refractivity (Wildman–Crippen MR) is 73.9 cm³/mol. The Morgan fingerprint density at radius 1 is 1.10 bits per heavy atom. The van der Waals surface area contributed by atoms with Gasteiger partial charge in [0.2, 0.25) is 0 Å². The van der Waals surface area contributed by atoms with Crippen molar-refractivity contribution in [3.05, 3.63) is 53.1 Å². The van der Waals surface area contributed by atoms with Crippen molar-refractivity contribution in [1.82, 2.24) is 20.2 Å². The van der Waals surface area contributed by atoms with E-state index < -0.39 is 11.6 Å². The summed E-state index contributed by atoms with van der Waals surface area (Å²) in [5.74, 6) is -1.39. The molecule has 8 heteroatoms. The molecule has 1 aromatic heterocycles. The minimum atomic E-state index is -0.773. The highest BCUT2D eigenvalue weighted by atomic mass is 35.5. The lowest BCUT2D eigenvalue weighted by molar-refractivity contribution is 0.557. The first-order valence-corrected chi connectivity index (χ1v) is 6.24. The van der Waals surface area contributed by atoms with E-state index in [1.807, 2.05) is 0 Å². The quantitative estimate of drug-likeness (QED) is 0.739. The van der Waals surface area contributed by atoms with Crippen LogP contribution in [0, 0.1) is 11.6 Å². The number of tetrazole rings is 1. The van der Waals surface area contributed by atoms with Crippen LogP contribution in [0.1, 0.15) is 0 Å². The van der Waals surface area contributed by atoms with Crippen LogP contribution in [0.4, 0.5) is 14.5 Å². The molecule has 2 aromatic carbocycles. The molecular formula is C13H8ClF2N5. The van der Waals surface area contributed by atoms with Gasteiger partial charge in [-0.2, -0.15) is 4.68 Å². The first kappa shape index (κ1) is 13.4. The molecule has 0 atom stereocenters. The monoisotopic (exact) mass is 307 g/mol. The molecule has 0 aliphatic heterocycles. The van der Waals surface area contributed by atoms with E-state index >= 15 is 0 Å². The summed E-state index contributed by atoms with van der Waals surface area (Å²) in [5.41, 5.74) is 6.17. The van der Waals surface area contributed by atoms with Gasteiger partial charge in [-0.05, 0) is 40.8 Å². The van der Waals surface area contributed by atoms with E-state index in [2.05, 4.69) is 15.5 Å². The molecule has 0 radical (unpaired) electrons. The van der Waals surface area contributed by atoms with E-state index in [0.29, 0.717) is 16.3 Å². The molecule has 0 saturated heterocycles. The third kappa shape index (κ3) is 2.31. The van der Waals surface area contributed by atoms with Crippen molar-refractivity contribution in [3.8, 4) is 17.1 Å². The molecule has 5 nitrogen and oxygen atoms in total. The topological polar surface area (TPSA) is 69.6 Å². The van der Waals surface area contributed by atoms with E-state index in [-0.39, 0.29) is 11.5 Å². The van der Waals surface area contributed by atoms with Crippen LogP contribution in [-0.4, -0.2) is 20.2 Å². The molecule has 0 unspecified atom stereocenters. The second-order valence-electron chi connectivity index (χ2n) is 4.22. The van der Waals surface area contributed by atoms with Crippen molar-refractivity contribution < 1.29 is 8.78 Å². The number of anilines is 1. The Morgan fingerprint density at radius 2 is 1.81 bits per heavy atom. The smallest absolute Gasteiger partial charge is 0.187 e. The maximum absolute atomic E-state index is 13.9. The maximum atomic E-state index is 13.9. The highest BCUT2D eigenvalue weighted by molar-refractivity contribution is 6.33. The number of aromatic nitrogens is 4. The van der Waals surface area contributed by atoms with Crippen molar-refractivity contribution in [2.24, 2.45) is 0 Å². The van der Waals surface area contributed by atoms with Gasteiger partial charge in [-0.1, -0.05) is 17.7 Å². The zero-order chi connectivity index (χ0) is 15.0. The van der Waals surface area contributed by atoms with Crippen molar-refractivity contribution in [3.63, 3.8) is 0 Å².